The quantitative estimate of drug-likeness (QED) is 0.693. The normalized spacial score (nSPS) is 27.5. The maximum Gasteiger partial charge on any atom is 0.239 e. The third-order valence-corrected chi connectivity index (χ3v) is 3.52. The van der Waals surface area contributed by atoms with Gasteiger partial charge in [0.15, 0.2) is 0 Å². The molecule has 0 radical (unpaired) electrons. The van der Waals surface area contributed by atoms with Gasteiger partial charge in [-0.1, -0.05) is 6.92 Å². The number of carbonyl (C=O) groups is 1. The smallest absolute Gasteiger partial charge is 0.239 e. The van der Waals surface area contributed by atoms with Gasteiger partial charge >= 0.3 is 0 Å². The summed E-state index contributed by atoms with van der Waals surface area (Å²) in [5, 5.41) is 12.9. The van der Waals surface area contributed by atoms with Gasteiger partial charge in [0.1, 0.15) is 0 Å². The lowest BCUT2D eigenvalue weighted by molar-refractivity contribution is -0.129. The number of hydrogen-bond acceptors (Lipinski definition) is 3. The molecule has 2 atom stereocenters. The first kappa shape index (κ1) is 11.9. The predicted molar refractivity (Wildman–Crippen MR) is 62.1 cm³/mol. The van der Waals surface area contributed by atoms with Crippen LogP contribution in [0.4, 0.5) is 0 Å². The van der Waals surface area contributed by atoms with Crippen LogP contribution in [0.3, 0.4) is 0 Å². The van der Waals surface area contributed by atoms with Crippen molar-refractivity contribution in [2.75, 3.05) is 13.1 Å². The van der Waals surface area contributed by atoms with E-state index in [2.05, 4.69) is 5.32 Å². The standard InChI is InChI=1S/C12H22N2O2/c1-2-10(15)5-7-14-8-6-11(12(14)16)13-9-3-4-9/h9-11,13,15H,2-8H2,1H3. The zero-order chi connectivity index (χ0) is 11.5. The van der Waals surface area contributed by atoms with Crippen LogP contribution in [0.25, 0.3) is 0 Å². The molecule has 2 N–H and O–H groups in total. The summed E-state index contributed by atoms with van der Waals surface area (Å²) in [6, 6.07) is 0.640. The molecule has 0 aromatic carbocycles. The second-order valence-electron chi connectivity index (χ2n) is 4.96. The summed E-state index contributed by atoms with van der Waals surface area (Å²) in [7, 11) is 0. The van der Waals surface area contributed by atoms with Crippen molar-refractivity contribution >= 4 is 5.91 Å². The Kier molecular flexibility index (Phi) is 3.82. The van der Waals surface area contributed by atoms with Crippen LogP contribution in [0.2, 0.25) is 0 Å². The Labute approximate surface area is 97.0 Å². The molecule has 1 amide bonds. The summed E-state index contributed by atoms with van der Waals surface area (Å²) in [5.74, 6) is 0.232. The predicted octanol–water partition coefficient (Wildman–Crippen LogP) is 0.500. The van der Waals surface area contributed by atoms with Crippen LogP contribution in [0.5, 0.6) is 0 Å². The van der Waals surface area contributed by atoms with Gasteiger partial charge in [-0.25, -0.2) is 0 Å². The Morgan fingerprint density at radius 1 is 1.50 bits per heavy atom. The summed E-state index contributed by atoms with van der Waals surface area (Å²) in [6.45, 7) is 3.52. The molecule has 4 nitrogen and oxygen atoms in total. The monoisotopic (exact) mass is 226 g/mol. The van der Waals surface area contributed by atoms with E-state index in [1.807, 2.05) is 11.8 Å². The molecule has 2 aliphatic rings. The van der Waals surface area contributed by atoms with Gasteiger partial charge in [0.05, 0.1) is 12.1 Å². The number of likely N-dealkylation sites (tertiary alicyclic amines) is 1. The topological polar surface area (TPSA) is 52.6 Å². The zero-order valence-corrected chi connectivity index (χ0v) is 9.98. The van der Waals surface area contributed by atoms with Crippen LogP contribution in [0.1, 0.15) is 39.0 Å². The molecule has 1 heterocycles. The van der Waals surface area contributed by atoms with Gasteiger partial charge in [0.2, 0.25) is 5.91 Å². The molecule has 92 valence electrons. The molecule has 16 heavy (non-hydrogen) atoms. The fourth-order valence-corrected chi connectivity index (χ4v) is 2.16. The molecule has 0 bridgehead atoms. The second-order valence-corrected chi connectivity index (χ2v) is 4.96. The highest BCUT2D eigenvalue weighted by molar-refractivity contribution is 5.84. The molecular weight excluding hydrogens is 204 g/mol. The van der Waals surface area contributed by atoms with Crippen molar-refractivity contribution in [3.05, 3.63) is 0 Å². The number of nitrogens with zero attached hydrogens (tertiary/aromatic N) is 1. The van der Waals surface area contributed by atoms with E-state index < -0.39 is 0 Å². The lowest BCUT2D eigenvalue weighted by Crippen LogP contribution is -2.40. The highest BCUT2D eigenvalue weighted by Crippen LogP contribution is 2.22. The van der Waals surface area contributed by atoms with Crippen LogP contribution in [-0.4, -0.2) is 47.2 Å². The minimum absolute atomic E-state index is 0.0475. The number of carbonyl (C=O) groups excluding carboxylic acids is 1. The fourth-order valence-electron chi connectivity index (χ4n) is 2.16. The second kappa shape index (κ2) is 5.15. The van der Waals surface area contributed by atoms with Crippen LogP contribution in [0, 0.1) is 0 Å². The molecule has 1 saturated carbocycles. The Morgan fingerprint density at radius 3 is 2.88 bits per heavy atom. The van der Waals surface area contributed by atoms with Crippen LogP contribution >= 0.6 is 0 Å². The molecule has 2 rings (SSSR count). The third kappa shape index (κ3) is 2.95. The summed E-state index contributed by atoms with van der Waals surface area (Å²) >= 11 is 0. The van der Waals surface area contributed by atoms with Gasteiger partial charge in [-0.2, -0.15) is 0 Å². The Balaban J connectivity index is 1.72. The van der Waals surface area contributed by atoms with Crippen molar-refractivity contribution in [2.45, 2.75) is 57.2 Å². The van der Waals surface area contributed by atoms with Crippen molar-refractivity contribution in [3.8, 4) is 0 Å². The van der Waals surface area contributed by atoms with Crippen LogP contribution in [0.15, 0.2) is 0 Å². The van der Waals surface area contributed by atoms with Crippen molar-refractivity contribution in [2.24, 2.45) is 0 Å². The lowest BCUT2D eigenvalue weighted by Gasteiger charge is -2.18. The van der Waals surface area contributed by atoms with Crippen molar-refractivity contribution < 1.29 is 9.90 Å². The Bertz CT molecular complexity index is 253. The van der Waals surface area contributed by atoms with E-state index in [4.69, 9.17) is 0 Å². The van der Waals surface area contributed by atoms with E-state index in [0.717, 1.165) is 19.4 Å². The molecule has 1 aliphatic carbocycles. The number of hydrogen-bond donors (Lipinski definition) is 2. The van der Waals surface area contributed by atoms with Crippen molar-refractivity contribution in [1.29, 1.82) is 0 Å². The van der Waals surface area contributed by atoms with E-state index in [9.17, 15) is 9.90 Å². The largest absolute Gasteiger partial charge is 0.393 e. The van der Waals surface area contributed by atoms with Crippen LogP contribution < -0.4 is 5.32 Å². The molecule has 0 aromatic rings. The lowest BCUT2D eigenvalue weighted by atomic mass is 10.2. The van der Waals surface area contributed by atoms with E-state index in [-0.39, 0.29) is 18.1 Å². The van der Waals surface area contributed by atoms with E-state index in [1.165, 1.54) is 12.8 Å². The van der Waals surface area contributed by atoms with E-state index >= 15 is 0 Å². The van der Waals surface area contributed by atoms with Gasteiger partial charge < -0.3 is 15.3 Å². The molecule has 2 unspecified atom stereocenters. The molecule has 0 spiro atoms. The Morgan fingerprint density at radius 2 is 2.25 bits per heavy atom. The summed E-state index contributed by atoms with van der Waals surface area (Å²) < 4.78 is 0. The van der Waals surface area contributed by atoms with Gasteiger partial charge in [-0.15, -0.1) is 0 Å². The molecule has 1 aliphatic heterocycles. The molecule has 2 fully saturated rings. The number of aliphatic hydroxyl groups is 1. The first-order valence-corrected chi connectivity index (χ1v) is 6.43. The van der Waals surface area contributed by atoms with Gasteiger partial charge in [-0.3, -0.25) is 4.79 Å². The molecular formula is C12H22N2O2. The SMILES string of the molecule is CCC(O)CCN1CCC(NC2CC2)C1=O. The average molecular weight is 226 g/mol. The van der Waals surface area contributed by atoms with E-state index in [1.54, 1.807) is 0 Å². The highest BCUT2D eigenvalue weighted by Gasteiger charge is 2.35. The van der Waals surface area contributed by atoms with Gasteiger partial charge in [0, 0.05) is 19.1 Å². The van der Waals surface area contributed by atoms with Gasteiger partial charge in [-0.05, 0) is 32.1 Å². The first-order valence-electron chi connectivity index (χ1n) is 6.43. The average Bonchev–Trinajstić information content (AvgIpc) is 3.03. The summed E-state index contributed by atoms with van der Waals surface area (Å²) in [5.41, 5.74) is 0. The zero-order valence-electron chi connectivity index (χ0n) is 9.98. The number of amides is 1. The Hall–Kier alpha value is -0.610. The number of rotatable bonds is 6. The maximum absolute atomic E-state index is 12.0. The number of aliphatic hydroxyl groups excluding tert-OH is 1. The summed E-state index contributed by atoms with van der Waals surface area (Å²) in [6.07, 6.45) is 4.58. The van der Waals surface area contributed by atoms with Crippen molar-refractivity contribution in [3.63, 3.8) is 0 Å². The first-order chi connectivity index (χ1) is 7.70. The minimum atomic E-state index is -0.261. The molecule has 4 heteroatoms. The third-order valence-electron chi connectivity index (χ3n) is 3.52. The fraction of sp³-hybridized carbons (Fsp3) is 0.917. The minimum Gasteiger partial charge on any atom is -0.393 e. The molecule has 0 aromatic heterocycles. The highest BCUT2D eigenvalue weighted by atomic mass is 16.3. The van der Waals surface area contributed by atoms with E-state index in [0.29, 0.717) is 19.0 Å². The van der Waals surface area contributed by atoms with Crippen LogP contribution in [-0.2, 0) is 4.79 Å². The van der Waals surface area contributed by atoms with Gasteiger partial charge in [0.25, 0.3) is 0 Å². The van der Waals surface area contributed by atoms with Crippen molar-refractivity contribution in [1.82, 2.24) is 10.2 Å². The summed E-state index contributed by atoms with van der Waals surface area (Å²) in [4.78, 5) is 13.8. The molecule has 1 saturated heterocycles. The maximum atomic E-state index is 12.0. The number of nitrogens with one attached hydrogen (secondary N) is 1.